The average molecular weight is 225 g/mol. The van der Waals surface area contributed by atoms with Gasteiger partial charge in [-0.2, -0.15) is 13.2 Å². The Morgan fingerprint density at radius 2 is 2.20 bits per heavy atom. The van der Waals surface area contributed by atoms with Crippen LogP contribution in [-0.4, -0.2) is 46.1 Å². The minimum absolute atomic E-state index is 0.0631. The summed E-state index contributed by atoms with van der Waals surface area (Å²) >= 11 is 0. The van der Waals surface area contributed by atoms with Gasteiger partial charge in [0.15, 0.2) is 0 Å². The van der Waals surface area contributed by atoms with Crippen molar-refractivity contribution in [3.05, 3.63) is 0 Å². The van der Waals surface area contributed by atoms with Gasteiger partial charge < -0.3 is 10.1 Å². The van der Waals surface area contributed by atoms with E-state index in [0.29, 0.717) is 5.95 Å². The number of nitrogens with one attached hydrogen (secondary N) is 1. The molecular formula is C6H10F3N5O. The van der Waals surface area contributed by atoms with Gasteiger partial charge in [0.05, 0.1) is 6.61 Å². The van der Waals surface area contributed by atoms with Crippen molar-refractivity contribution in [3.63, 3.8) is 0 Å². The zero-order valence-corrected chi connectivity index (χ0v) is 7.95. The number of hydrogen-bond acceptors (Lipinski definition) is 5. The Balaban J connectivity index is 2.10. The zero-order valence-electron chi connectivity index (χ0n) is 7.95. The molecule has 1 rings (SSSR count). The Morgan fingerprint density at radius 1 is 1.47 bits per heavy atom. The summed E-state index contributed by atoms with van der Waals surface area (Å²) in [5.74, 6) is 0.380. The van der Waals surface area contributed by atoms with Gasteiger partial charge in [-0.15, -0.1) is 0 Å². The van der Waals surface area contributed by atoms with E-state index in [1.165, 1.54) is 4.68 Å². The normalized spacial score (nSPS) is 11.7. The number of ether oxygens (including phenoxy) is 1. The third kappa shape index (κ3) is 4.58. The number of hydrogen-bond donors (Lipinski definition) is 1. The van der Waals surface area contributed by atoms with Gasteiger partial charge in [0.1, 0.15) is 6.61 Å². The smallest absolute Gasteiger partial charge is 0.370 e. The van der Waals surface area contributed by atoms with Crippen LogP contribution in [-0.2, 0) is 11.8 Å². The molecule has 0 fully saturated rings. The van der Waals surface area contributed by atoms with E-state index in [-0.39, 0.29) is 13.2 Å². The molecule has 0 radical (unpaired) electrons. The summed E-state index contributed by atoms with van der Waals surface area (Å²) < 4.78 is 40.7. The van der Waals surface area contributed by atoms with Crippen LogP contribution in [0.2, 0.25) is 0 Å². The quantitative estimate of drug-likeness (QED) is 0.725. The van der Waals surface area contributed by atoms with E-state index in [1.54, 1.807) is 7.05 Å². The molecule has 1 aromatic heterocycles. The van der Waals surface area contributed by atoms with E-state index in [9.17, 15) is 13.2 Å². The summed E-state index contributed by atoms with van der Waals surface area (Å²) in [5.41, 5.74) is 0. The largest absolute Gasteiger partial charge is 0.411 e. The van der Waals surface area contributed by atoms with Crippen LogP contribution in [0.3, 0.4) is 0 Å². The Hall–Kier alpha value is -1.38. The molecule has 0 aliphatic heterocycles. The van der Waals surface area contributed by atoms with Gasteiger partial charge >= 0.3 is 6.18 Å². The molecule has 86 valence electrons. The summed E-state index contributed by atoms with van der Waals surface area (Å²) in [6, 6.07) is 0. The summed E-state index contributed by atoms with van der Waals surface area (Å²) in [4.78, 5) is 0. The molecule has 0 saturated carbocycles. The van der Waals surface area contributed by atoms with Gasteiger partial charge in [-0.1, -0.05) is 5.10 Å². The maximum atomic E-state index is 11.6. The average Bonchev–Trinajstić information content (AvgIpc) is 2.49. The zero-order chi connectivity index (χ0) is 11.3. The standard InChI is InChI=1S/C6H10F3N5O/c1-14-5(11-12-13-14)10-2-3-15-4-6(7,8)9/h2-4H2,1H3,(H,10,11,13). The van der Waals surface area contributed by atoms with E-state index >= 15 is 0 Å². The predicted molar refractivity (Wildman–Crippen MR) is 44.2 cm³/mol. The number of anilines is 1. The van der Waals surface area contributed by atoms with Crippen LogP contribution in [0.4, 0.5) is 19.1 Å². The molecule has 0 unspecified atom stereocenters. The van der Waals surface area contributed by atoms with Crippen molar-refractivity contribution in [2.24, 2.45) is 7.05 Å². The van der Waals surface area contributed by atoms with Crippen molar-refractivity contribution in [1.82, 2.24) is 20.2 Å². The summed E-state index contributed by atoms with van der Waals surface area (Å²) in [6.45, 7) is -1.09. The Bertz CT molecular complexity index is 299. The number of halogens is 3. The lowest BCUT2D eigenvalue weighted by atomic mass is 10.6. The highest BCUT2D eigenvalue weighted by atomic mass is 19.4. The lowest BCUT2D eigenvalue weighted by Gasteiger charge is -2.07. The minimum Gasteiger partial charge on any atom is -0.370 e. The minimum atomic E-state index is -4.29. The molecule has 0 amide bonds. The van der Waals surface area contributed by atoms with Gasteiger partial charge in [-0.3, -0.25) is 0 Å². The van der Waals surface area contributed by atoms with E-state index in [1.807, 2.05) is 0 Å². The molecule has 0 atom stereocenters. The van der Waals surface area contributed by atoms with Crippen molar-refractivity contribution < 1.29 is 17.9 Å². The van der Waals surface area contributed by atoms with E-state index in [4.69, 9.17) is 0 Å². The predicted octanol–water partition coefficient (Wildman–Crippen LogP) is 0.201. The molecule has 15 heavy (non-hydrogen) atoms. The molecule has 1 N–H and O–H groups in total. The Kier molecular flexibility index (Phi) is 3.83. The number of nitrogens with zero attached hydrogens (tertiary/aromatic N) is 4. The fourth-order valence-electron chi connectivity index (χ4n) is 0.802. The van der Waals surface area contributed by atoms with Gasteiger partial charge in [0.25, 0.3) is 0 Å². The molecule has 0 bridgehead atoms. The van der Waals surface area contributed by atoms with Crippen LogP contribution in [0.1, 0.15) is 0 Å². The molecule has 1 aromatic rings. The first kappa shape index (κ1) is 11.7. The number of aryl methyl sites for hydroxylation is 1. The molecule has 0 saturated heterocycles. The first-order chi connectivity index (χ1) is 6.99. The number of alkyl halides is 3. The maximum Gasteiger partial charge on any atom is 0.411 e. The molecule has 1 heterocycles. The van der Waals surface area contributed by atoms with E-state index < -0.39 is 12.8 Å². The highest BCUT2D eigenvalue weighted by Gasteiger charge is 2.27. The fraction of sp³-hybridized carbons (Fsp3) is 0.833. The van der Waals surface area contributed by atoms with Crippen molar-refractivity contribution in [2.45, 2.75) is 6.18 Å². The first-order valence-electron chi connectivity index (χ1n) is 4.10. The molecule has 9 heteroatoms. The summed E-state index contributed by atoms with van der Waals surface area (Å²) in [7, 11) is 1.61. The molecular weight excluding hydrogens is 215 g/mol. The van der Waals surface area contributed by atoms with Crippen molar-refractivity contribution in [1.29, 1.82) is 0 Å². The van der Waals surface area contributed by atoms with Crippen LogP contribution in [0, 0.1) is 0 Å². The van der Waals surface area contributed by atoms with Gasteiger partial charge in [-0.05, 0) is 10.4 Å². The van der Waals surface area contributed by atoms with Crippen LogP contribution in [0.5, 0.6) is 0 Å². The number of tetrazole rings is 1. The Labute approximate surface area is 83.4 Å². The lowest BCUT2D eigenvalue weighted by molar-refractivity contribution is -0.172. The van der Waals surface area contributed by atoms with Gasteiger partial charge in [0, 0.05) is 13.6 Å². The van der Waals surface area contributed by atoms with Crippen LogP contribution >= 0.6 is 0 Å². The van der Waals surface area contributed by atoms with Crippen LogP contribution < -0.4 is 5.32 Å². The first-order valence-corrected chi connectivity index (χ1v) is 4.10. The van der Waals surface area contributed by atoms with Gasteiger partial charge in [-0.25, -0.2) is 4.68 Å². The fourth-order valence-corrected chi connectivity index (χ4v) is 0.802. The third-order valence-corrected chi connectivity index (χ3v) is 1.42. The van der Waals surface area contributed by atoms with Crippen LogP contribution in [0.15, 0.2) is 0 Å². The highest BCUT2D eigenvalue weighted by Crippen LogP contribution is 2.13. The van der Waals surface area contributed by atoms with E-state index in [2.05, 4.69) is 25.6 Å². The molecule has 0 aromatic carbocycles. The summed E-state index contributed by atoms with van der Waals surface area (Å²) in [6.07, 6.45) is -4.29. The monoisotopic (exact) mass is 225 g/mol. The number of aromatic nitrogens is 4. The number of rotatable bonds is 5. The van der Waals surface area contributed by atoms with E-state index in [0.717, 1.165) is 0 Å². The molecule has 6 nitrogen and oxygen atoms in total. The second kappa shape index (κ2) is 4.91. The van der Waals surface area contributed by atoms with Crippen molar-refractivity contribution >= 4 is 5.95 Å². The molecule has 0 aliphatic rings. The molecule has 0 spiro atoms. The van der Waals surface area contributed by atoms with Gasteiger partial charge in [0.2, 0.25) is 5.95 Å². The van der Waals surface area contributed by atoms with Crippen molar-refractivity contribution in [3.8, 4) is 0 Å². The SMILES string of the molecule is Cn1nnnc1NCCOCC(F)(F)F. The second-order valence-corrected chi connectivity index (χ2v) is 2.72. The molecule has 0 aliphatic carbocycles. The van der Waals surface area contributed by atoms with Crippen molar-refractivity contribution in [2.75, 3.05) is 25.1 Å². The Morgan fingerprint density at radius 3 is 2.73 bits per heavy atom. The third-order valence-electron chi connectivity index (χ3n) is 1.42. The second-order valence-electron chi connectivity index (χ2n) is 2.72. The van der Waals surface area contributed by atoms with Crippen LogP contribution in [0.25, 0.3) is 0 Å². The summed E-state index contributed by atoms with van der Waals surface area (Å²) in [5, 5.41) is 13.2. The lowest BCUT2D eigenvalue weighted by Crippen LogP contribution is -2.20. The maximum absolute atomic E-state index is 11.6. The topological polar surface area (TPSA) is 64.9 Å². The highest BCUT2D eigenvalue weighted by molar-refractivity contribution is 5.20.